The fourth-order valence-corrected chi connectivity index (χ4v) is 2.77. The van der Waals surface area contributed by atoms with Crippen LogP contribution >= 0.6 is 0 Å². The van der Waals surface area contributed by atoms with Crippen molar-refractivity contribution in [3.05, 3.63) is 63.1 Å². The van der Waals surface area contributed by atoms with Crippen molar-refractivity contribution in [1.29, 1.82) is 0 Å². The van der Waals surface area contributed by atoms with Crippen molar-refractivity contribution in [2.24, 2.45) is 0 Å². The van der Waals surface area contributed by atoms with Gasteiger partial charge in [0, 0.05) is 0 Å². The molecule has 0 fully saturated rings. The predicted octanol–water partition coefficient (Wildman–Crippen LogP) is 0.772. The summed E-state index contributed by atoms with van der Waals surface area (Å²) >= 11 is 2.59. The Morgan fingerprint density at radius 2 is 1.26 bits per heavy atom. The first-order valence-electron chi connectivity index (χ1n) is 5.06. The molecule has 0 bridgehead atoms. The van der Waals surface area contributed by atoms with Gasteiger partial charge < -0.3 is 0 Å². The van der Waals surface area contributed by atoms with Gasteiger partial charge >= 0.3 is 144 Å². The summed E-state index contributed by atoms with van der Waals surface area (Å²) in [5.74, 6) is 0. The van der Waals surface area contributed by atoms with E-state index in [2.05, 4.69) is 48.4 Å². The molecule has 0 atom stereocenters. The average molecular weight is 373 g/mol. The Bertz CT molecular complexity index is 477. The molecule has 1 rings (SSSR count). The van der Waals surface area contributed by atoms with E-state index in [0.717, 1.165) is 17.3 Å². The van der Waals surface area contributed by atoms with Gasteiger partial charge in [0.25, 0.3) is 0 Å². The first-order chi connectivity index (χ1) is 11.1. The molecule has 0 heterocycles. The SMILES string of the molecule is CN(C)Cc1ccccc1[Si](F)=[Cr].[C-]#[O+].[C-]#[O+].[C-]#[O+].[C-]#[O+].[C-]#[O+]. The molecule has 0 aliphatic carbocycles. The van der Waals surface area contributed by atoms with Gasteiger partial charge in [-0.25, -0.2) is 0 Å². The van der Waals surface area contributed by atoms with Crippen molar-refractivity contribution in [2.75, 3.05) is 14.1 Å². The summed E-state index contributed by atoms with van der Waals surface area (Å²) in [5.41, 5.74) is 1.09. The summed E-state index contributed by atoms with van der Waals surface area (Å²) < 4.78 is 50.7. The van der Waals surface area contributed by atoms with Crippen LogP contribution in [0.5, 0.6) is 0 Å². The van der Waals surface area contributed by atoms with Crippen molar-refractivity contribution in [1.82, 2.24) is 4.90 Å². The number of hydrogen-bond acceptors (Lipinski definition) is 1. The number of benzene rings is 1. The van der Waals surface area contributed by atoms with Crippen LogP contribution in [0.1, 0.15) is 5.56 Å². The maximum atomic E-state index is 13.2. The zero-order valence-corrected chi connectivity index (χ0v) is 14.6. The molecule has 120 valence electrons. The van der Waals surface area contributed by atoms with E-state index >= 15 is 0 Å². The van der Waals surface area contributed by atoms with E-state index in [1.807, 2.05) is 43.3 Å². The predicted molar refractivity (Wildman–Crippen MR) is 70.0 cm³/mol. The molecule has 0 saturated heterocycles. The second kappa shape index (κ2) is 32.5. The Kier molecular flexibility index (Phi) is 46.9. The molecular weight excluding hydrogens is 361 g/mol. The van der Waals surface area contributed by atoms with Gasteiger partial charge in [-0.05, 0) is 0 Å². The molecule has 23 heavy (non-hydrogen) atoms. The Morgan fingerprint density at radius 1 is 0.913 bits per heavy atom. The summed E-state index contributed by atoms with van der Waals surface area (Å²) in [6.45, 7) is 23.3. The number of halogens is 1. The van der Waals surface area contributed by atoms with E-state index in [9.17, 15) is 4.11 Å². The molecule has 0 radical (unpaired) electrons. The second-order valence-corrected chi connectivity index (χ2v) is 5.93. The zero-order chi connectivity index (χ0) is 19.8. The van der Waals surface area contributed by atoms with Gasteiger partial charge in [0.05, 0.1) is 0 Å². The summed E-state index contributed by atoms with van der Waals surface area (Å²) in [7, 11) is 2.04. The number of nitrogens with zero attached hydrogens (tertiary/aromatic N) is 1. The van der Waals surface area contributed by atoms with Gasteiger partial charge in [0.15, 0.2) is 0 Å². The Balaban J connectivity index is -0.0000000923. The first kappa shape index (κ1) is 33.2. The van der Waals surface area contributed by atoms with Crippen LogP contribution in [0.25, 0.3) is 0 Å². The normalized spacial score (nSPS) is 6.35. The summed E-state index contributed by atoms with van der Waals surface area (Å²) in [5, 5.41) is 0.848. The molecule has 0 amide bonds. The summed E-state index contributed by atoms with van der Waals surface area (Å²) in [6.07, 6.45) is 0. The van der Waals surface area contributed by atoms with Gasteiger partial charge in [0.1, 0.15) is 0 Å². The minimum atomic E-state index is -1.94. The summed E-state index contributed by atoms with van der Waals surface area (Å²) in [6, 6.07) is 7.68. The molecule has 0 unspecified atom stereocenters. The maximum absolute atomic E-state index is 13.2. The Hall–Kier alpha value is -1.44. The van der Waals surface area contributed by atoms with E-state index in [-0.39, 0.29) is 0 Å². The number of rotatable bonds is 3. The first-order valence-corrected chi connectivity index (χ1v) is 8.25. The molecule has 0 aliphatic heterocycles. The van der Waals surface area contributed by atoms with Gasteiger partial charge in [-0.15, -0.1) is 0 Å². The van der Waals surface area contributed by atoms with E-state index in [1.54, 1.807) is 0 Å². The third kappa shape index (κ3) is 23.0. The standard InChI is InChI=1S/C9H12FNSi.5CO.Cr/c1-11(2)7-8-5-3-4-6-9(8)12-10;5*1-2;/h3-6H,7H2,1-2H3;;;;;;. The van der Waals surface area contributed by atoms with Crippen LogP contribution in [0.4, 0.5) is 4.11 Å². The monoisotopic (exact) mass is 373 g/mol. The van der Waals surface area contributed by atoms with Crippen LogP contribution in [-0.2, 0) is 45.0 Å². The van der Waals surface area contributed by atoms with Crippen molar-refractivity contribution < 1.29 is 42.5 Å². The molecule has 1 aromatic carbocycles. The third-order valence-corrected chi connectivity index (χ3v) is 3.66. The van der Waals surface area contributed by atoms with Crippen molar-refractivity contribution in [2.45, 2.75) is 6.54 Å². The van der Waals surface area contributed by atoms with Crippen LogP contribution in [0.15, 0.2) is 24.3 Å². The fraction of sp³-hybridized carbons (Fsp3) is 0.214. The van der Waals surface area contributed by atoms with Crippen LogP contribution in [0, 0.1) is 33.3 Å². The van der Waals surface area contributed by atoms with E-state index in [4.69, 9.17) is 23.3 Å². The van der Waals surface area contributed by atoms with Crippen LogP contribution in [-0.4, -0.2) is 26.2 Å². The molecule has 0 aliphatic rings. The minimum absolute atomic E-state index is 0.802. The fourth-order valence-electron chi connectivity index (χ4n) is 1.19. The summed E-state index contributed by atoms with van der Waals surface area (Å²) in [4.78, 5) is 2.05. The van der Waals surface area contributed by atoms with E-state index < -0.39 is 7.23 Å². The van der Waals surface area contributed by atoms with Gasteiger partial charge in [-0.1, -0.05) is 0 Å². The second-order valence-electron chi connectivity index (χ2n) is 3.17. The molecule has 0 N–H and O–H groups in total. The van der Waals surface area contributed by atoms with Gasteiger partial charge in [-0.3, -0.25) is 0 Å². The van der Waals surface area contributed by atoms with E-state index in [0.29, 0.717) is 0 Å². The molecule has 0 spiro atoms. The quantitative estimate of drug-likeness (QED) is 0.332. The topological polar surface area (TPSA) is 103 Å². The van der Waals surface area contributed by atoms with Gasteiger partial charge in [0.2, 0.25) is 0 Å². The third-order valence-electron chi connectivity index (χ3n) is 1.72. The molecule has 0 saturated carbocycles. The average Bonchev–Trinajstić information content (AvgIpc) is 2.63. The molecule has 1 aromatic rings. The Morgan fingerprint density at radius 3 is 1.57 bits per heavy atom. The van der Waals surface area contributed by atoms with Crippen molar-refractivity contribution in [3.63, 3.8) is 0 Å². The van der Waals surface area contributed by atoms with Crippen molar-refractivity contribution >= 4 is 12.4 Å². The number of hydrogen-bond donors (Lipinski definition) is 0. The van der Waals surface area contributed by atoms with Crippen LogP contribution in [0.3, 0.4) is 0 Å². The van der Waals surface area contributed by atoms with Crippen LogP contribution in [0.2, 0.25) is 0 Å². The van der Waals surface area contributed by atoms with Gasteiger partial charge in [-0.2, -0.15) is 0 Å². The molecule has 6 nitrogen and oxygen atoms in total. The molecular formula is C14H12CrFNO5Si. The van der Waals surface area contributed by atoms with Crippen molar-refractivity contribution in [3.8, 4) is 0 Å². The molecule has 0 aromatic heterocycles. The molecule has 9 heteroatoms. The van der Waals surface area contributed by atoms with E-state index in [1.165, 1.54) is 0 Å². The zero-order valence-electron chi connectivity index (χ0n) is 12.3. The Labute approximate surface area is 144 Å². The van der Waals surface area contributed by atoms with Crippen LogP contribution < -0.4 is 5.19 Å².